The SMILES string of the molecule is CCc1cnc(CCNC(=NC)NCCN(CC)C2CC2)s1.I. The molecule has 0 aliphatic heterocycles. The maximum absolute atomic E-state index is 4.44. The van der Waals surface area contributed by atoms with Crippen LogP contribution in [0.4, 0.5) is 0 Å². The largest absolute Gasteiger partial charge is 0.356 e. The molecule has 1 aromatic heterocycles. The highest BCUT2D eigenvalue weighted by Crippen LogP contribution is 2.25. The molecule has 0 spiro atoms. The van der Waals surface area contributed by atoms with Gasteiger partial charge in [-0.25, -0.2) is 4.98 Å². The van der Waals surface area contributed by atoms with Crippen molar-refractivity contribution in [3.63, 3.8) is 0 Å². The molecule has 1 aromatic rings. The van der Waals surface area contributed by atoms with Crippen LogP contribution in [-0.2, 0) is 12.8 Å². The number of aryl methyl sites for hydroxylation is 1. The van der Waals surface area contributed by atoms with Crippen LogP contribution in [0.5, 0.6) is 0 Å². The number of hydrogen-bond donors (Lipinski definition) is 2. The summed E-state index contributed by atoms with van der Waals surface area (Å²) in [6.07, 6.45) is 6.75. The number of aliphatic imine (C=N–C) groups is 1. The summed E-state index contributed by atoms with van der Waals surface area (Å²) in [5.41, 5.74) is 0. The molecule has 1 fully saturated rings. The third-order valence-corrected chi connectivity index (χ3v) is 5.17. The van der Waals surface area contributed by atoms with E-state index in [0.717, 1.165) is 51.0 Å². The number of guanidine groups is 1. The molecule has 5 nitrogen and oxygen atoms in total. The summed E-state index contributed by atoms with van der Waals surface area (Å²) in [4.78, 5) is 12.6. The number of hydrogen-bond acceptors (Lipinski definition) is 4. The molecule has 1 saturated carbocycles. The lowest BCUT2D eigenvalue weighted by Crippen LogP contribution is -2.42. The first kappa shape index (κ1) is 20.6. The minimum absolute atomic E-state index is 0. The molecule has 1 aliphatic carbocycles. The average Bonchev–Trinajstić information content (AvgIpc) is 3.28. The molecule has 132 valence electrons. The number of nitrogens with one attached hydrogen (secondary N) is 2. The van der Waals surface area contributed by atoms with Crippen molar-refractivity contribution < 1.29 is 0 Å². The van der Waals surface area contributed by atoms with Gasteiger partial charge in [0.05, 0.1) is 5.01 Å². The van der Waals surface area contributed by atoms with Crippen molar-refractivity contribution in [3.8, 4) is 0 Å². The predicted octanol–water partition coefficient (Wildman–Crippen LogP) is 2.52. The second kappa shape index (κ2) is 11.2. The Kier molecular flexibility index (Phi) is 10.0. The lowest BCUT2D eigenvalue weighted by molar-refractivity contribution is 0.282. The minimum atomic E-state index is 0. The molecule has 1 aliphatic rings. The van der Waals surface area contributed by atoms with Crippen molar-refractivity contribution >= 4 is 41.3 Å². The fourth-order valence-corrected chi connectivity index (χ4v) is 3.35. The van der Waals surface area contributed by atoms with Crippen LogP contribution in [0.3, 0.4) is 0 Å². The van der Waals surface area contributed by atoms with E-state index >= 15 is 0 Å². The van der Waals surface area contributed by atoms with E-state index in [1.165, 1.54) is 22.7 Å². The maximum atomic E-state index is 4.44. The molecule has 1 heterocycles. The Hall–Kier alpha value is -0.410. The minimum Gasteiger partial charge on any atom is -0.356 e. The first-order valence-corrected chi connectivity index (χ1v) is 9.20. The van der Waals surface area contributed by atoms with Gasteiger partial charge in [0.2, 0.25) is 0 Å². The molecule has 7 heteroatoms. The van der Waals surface area contributed by atoms with Crippen LogP contribution < -0.4 is 10.6 Å². The van der Waals surface area contributed by atoms with Gasteiger partial charge >= 0.3 is 0 Å². The Morgan fingerprint density at radius 2 is 2.09 bits per heavy atom. The third kappa shape index (κ3) is 7.34. The van der Waals surface area contributed by atoms with Gasteiger partial charge in [-0.3, -0.25) is 9.89 Å². The van der Waals surface area contributed by atoms with Crippen molar-refractivity contribution in [1.82, 2.24) is 20.5 Å². The zero-order chi connectivity index (χ0) is 15.8. The van der Waals surface area contributed by atoms with Gasteiger partial charge in [-0.15, -0.1) is 35.3 Å². The van der Waals surface area contributed by atoms with Crippen molar-refractivity contribution in [2.24, 2.45) is 4.99 Å². The van der Waals surface area contributed by atoms with Crippen LogP contribution in [0.2, 0.25) is 0 Å². The van der Waals surface area contributed by atoms with E-state index in [9.17, 15) is 0 Å². The normalized spacial score (nSPS) is 14.7. The number of nitrogens with zero attached hydrogens (tertiary/aromatic N) is 3. The molecule has 0 radical (unpaired) electrons. The number of rotatable bonds is 9. The quantitative estimate of drug-likeness (QED) is 0.344. The second-order valence-electron chi connectivity index (χ2n) is 5.61. The number of halogens is 1. The first-order valence-electron chi connectivity index (χ1n) is 8.39. The zero-order valence-corrected chi connectivity index (χ0v) is 17.6. The summed E-state index contributed by atoms with van der Waals surface area (Å²) in [7, 11) is 1.83. The molecular weight excluding hydrogens is 421 g/mol. The zero-order valence-electron chi connectivity index (χ0n) is 14.5. The third-order valence-electron chi connectivity index (χ3n) is 3.97. The summed E-state index contributed by atoms with van der Waals surface area (Å²) >= 11 is 1.81. The van der Waals surface area contributed by atoms with Crippen LogP contribution in [0.1, 0.15) is 36.6 Å². The van der Waals surface area contributed by atoms with Gasteiger partial charge in [0.25, 0.3) is 0 Å². The molecule has 0 aromatic carbocycles. The molecule has 0 atom stereocenters. The van der Waals surface area contributed by atoms with Crippen LogP contribution in [0.15, 0.2) is 11.2 Å². The van der Waals surface area contributed by atoms with Gasteiger partial charge in [0.1, 0.15) is 0 Å². The van der Waals surface area contributed by atoms with E-state index in [4.69, 9.17) is 0 Å². The first-order chi connectivity index (χ1) is 10.8. The van der Waals surface area contributed by atoms with Gasteiger partial charge < -0.3 is 10.6 Å². The summed E-state index contributed by atoms with van der Waals surface area (Å²) in [6, 6.07) is 0.833. The second-order valence-corrected chi connectivity index (χ2v) is 6.81. The number of likely N-dealkylation sites (N-methyl/N-ethyl adjacent to an activating group) is 1. The van der Waals surface area contributed by atoms with Crippen molar-refractivity contribution in [2.75, 3.05) is 33.2 Å². The summed E-state index contributed by atoms with van der Waals surface area (Å²) < 4.78 is 0. The lowest BCUT2D eigenvalue weighted by atomic mass is 10.4. The van der Waals surface area contributed by atoms with Crippen LogP contribution in [0, 0.1) is 0 Å². The highest BCUT2D eigenvalue weighted by atomic mass is 127. The average molecular weight is 451 g/mol. The van der Waals surface area contributed by atoms with Crippen molar-refractivity contribution in [1.29, 1.82) is 0 Å². The monoisotopic (exact) mass is 451 g/mol. The highest BCUT2D eigenvalue weighted by Gasteiger charge is 2.27. The molecule has 2 N–H and O–H groups in total. The molecule has 0 saturated heterocycles. The van der Waals surface area contributed by atoms with Gasteiger partial charge in [-0.1, -0.05) is 13.8 Å². The Morgan fingerprint density at radius 3 is 2.65 bits per heavy atom. The van der Waals surface area contributed by atoms with Crippen LogP contribution in [0.25, 0.3) is 0 Å². The van der Waals surface area contributed by atoms with Crippen molar-refractivity contribution in [2.45, 2.75) is 45.6 Å². The number of aromatic nitrogens is 1. The number of thiazole rings is 1. The summed E-state index contributed by atoms with van der Waals surface area (Å²) in [5.74, 6) is 0.888. The Bertz CT molecular complexity index is 473. The Balaban J connectivity index is 0.00000264. The van der Waals surface area contributed by atoms with Gasteiger partial charge in [-0.2, -0.15) is 0 Å². The van der Waals surface area contributed by atoms with Gasteiger partial charge in [0, 0.05) is 50.2 Å². The lowest BCUT2D eigenvalue weighted by Gasteiger charge is -2.20. The smallest absolute Gasteiger partial charge is 0.191 e. The highest BCUT2D eigenvalue weighted by molar-refractivity contribution is 14.0. The molecule has 23 heavy (non-hydrogen) atoms. The van der Waals surface area contributed by atoms with E-state index in [1.807, 2.05) is 24.6 Å². The van der Waals surface area contributed by atoms with Gasteiger partial charge in [-0.05, 0) is 25.8 Å². The van der Waals surface area contributed by atoms with Crippen molar-refractivity contribution in [3.05, 3.63) is 16.1 Å². The molecule has 0 bridgehead atoms. The van der Waals surface area contributed by atoms with E-state index < -0.39 is 0 Å². The molecular formula is C16H30IN5S. The van der Waals surface area contributed by atoms with E-state index in [0.29, 0.717) is 0 Å². The Morgan fingerprint density at radius 1 is 1.35 bits per heavy atom. The van der Waals surface area contributed by atoms with E-state index in [-0.39, 0.29) is 24.0 Å². The topological polar surface area (TPSA) is 52.6 Å². The van der Waals surface area contributed by atoms with E-state index in [2.05, 4.69) is 39.4 Å². The molecule has 0 amide bonds. The van der Waals surface area contributed by atoms with Gasteiger partial charge in [0.15, 0.2) is 5.96 Å². The fraction of sp³-hybridized carbons (Fsp3) is 0.750. The van der Waals surface area contributed by atoms with E-state index in [1.54, 1.807) is 0 Å². The maximum Gasteiger partial charge on any atom is 0.191 e. The van der Waals surface area contributed by atoms with Crippen LogP contribution in [-0.4, -0.2) is 55.1 Å². The predicted molar refractivity (Wildman–Crippen MR) is 110 cm³/mol. The molecule has 0 unspecified atom stereocenters. The standard InChI is InChI=1S/C16H29N5S.HI/c1-4-14-12-20-15(22-14)8-9-18-16(17-3)19-10-11-21(5-2)13-6-7-13;/h12-13H,4-11H2,1-3H3,(H2,17,18,19);1H. The Labute approximate surface area is 161 Å². The summed E-state index contributed by atoms with van der Waals surface area (Å²) in [5, 5.41) is 7.97. The molecule has 2 rings (SSSR count). The fourth-order valence-electron chi connectivity index (χ4n) is 2.49. The summed E-state index contributed by atoms with van der Waals surface area (Å²) in [6.45, 7) is 8.46. The van der Waals surface area contributed by atoms with Crippen LogP contribution >= 0.6 is 35.3 Å².